The van der Waals surface area contributed by atoms with Crippen LogP contribution < -0.4 is 5.32 Å². The summed E-state index contributed by atoms with van der Waals surface area (Å²) in [5.74, 6) is 0.862. The fourth-order valence-electron chi connectivity index (χ4n) is 2.38. The monoisotopic (exact) mass is 246 g/mol. The first-order chi connectivity index (χ1) is 8.83. The summed E-state index contributed by atoms with van der Waals surface area (Å²) in [6, 6.07) is 9.09. The van der Waals surface area contributed by atoms with Crippen molar-refractivity contribution in [3.05, 3.63) is 35.4 Å². The van der Waals surface area contributed by atoms with Gasteiger partial charge in [0.2, 0.25) is 0 Å². The summed E-state index contributed by atoms with van der Waals surface area (Å²) < 4.78 is 0. The zero-order chi connectivity index (χ0) is 12.8. The van der Waals surface area contributed by atoms with Gasteiger partial charge in [-0.2, -0.15) is 0 Å². The van der Waals surface area contributed by atoms with Gasteiger partial charge in [-0.25, -0.2) is 0 Å². The molecule has 1 aliphatic carbocycles. The Bertz CT molecular complexity index is 354. The van der Waals surface area contributed by atoms with Gasteiger partial charge in [0.25, 0.3) is 0 Å². The van der Waals surface area contributed by atoms with Crippen LogP contribution in [0.1, 0.15) is 43.7 Å². The maximum atomic E-state index is 3.55. The minimum atomic E-state index is 0.862. The summed E-state index contributed by atoms with van der Waals surface area (Å²) in [5.41, 5.74) is 2.97. The lowest BCUT2D eigenvalue weighted by atomic mass is 10.1. The van der Waals surface area contributed by atoms with Crippen molar-refractivity contribution >= 4 is 0 Å². The molecular formula is C16H26N2. The fourth-order valence-corrected chi connectivity index (χ4v) is 2.38. The second-order valence-electron chi connectivity index (χ2n) is 5.22. The molecule has 100 valence electrons. The second-order valence-corrected chi connectivity index (χ2v) is 5.22. The van der Waals surface area contributed by atoms with Gasteiger partial charge >= 0.3 is 0 Å². The molecule has 18 heavy (non-hydrogen) atoms. The van der Waals surface area contributed by atoms with Crippen molar-refractivity contribution in [3.8, 4) is 0 Å². The average Bonchev–Trinajstić information content (AvgIpc) is 3.24. The van der Waals surface area contributed by atoms with Crippen LogP contribution in [0.2, 0.25) is 0 Å². The summed E-state index contributed by atoms with van der Waals surface area (Å²) in [5, 5.41) is 3.55. The van der Waals surface area contributed by atoms with E-state index in [1.165, 1.54) is 24.0 Å². The smallest absolute Gasteiger partial charge is 0.0206 e. The molecule has 1 saturated carbocycles. The largest absolute Gasteiger partial charge is 0.311 e. The SMILES string of the molecule is CCN(CC)CCNCc1cccc(C2CC2)c1. The molecule has 1 aromatic carbocycles. The first-order valence-corrected chi connectivity index (χ1v) is 7.35. The predicted molar refractivity (Wildman–Crippen MR) is 77.9 cm³/mol. The van der Waals surface area contributed by atoms with Crippen molar-refractivity contribution in [2.45, 2.75) is 39.2 Å². The summed E-state index contributed by atoms with van der Waals surface area (Å²) in [4.78, 5) is 2.45. The summed E-state index contributed by atoms with van der Waals surface area (Å²) in [6.45, 7) is 9.97. The van der Waals surface area contributed by atoms with Gasteiger partial charge < -0.3 is 10.2 Å². The molecule has 0 bridgehead atoms. The third-order valence-electron chi connectivity index (χ3n) is 3.83. The average molecular weight is 246 g/mol. The minimum Gasteiger partial charge on any atom is -0.311 e. The number of hydrogen-bond donors (Lipinski definition) is 1. The van der Waals surface area contributed by atoms with Crippen LogP contribution in [0.5, 0.6) is 0 Å². The van der Waals surface area contributed by atoms with Gasteiger partial charge in [-0.05, 0) is 43.0 Å². The fraction of sp³-hybridized carbons (Fsp3) is 0.625. The molecule has 0 aliphatic heterocycles. The summed E-state index contributed by atoms with van der Waals surface area (Å²) in [7, 11) is 0. The van der Waals surface area contributed by atoms with Gasteiger partial charge in [-0.3, -0.25) is 0 Å². The number of nitrogens with zero attached hydrogens (tertiary/aromatic N) is 1. The molecule has 2 nitrogen and oxygen atoms in total. The number of nitrogens with one attached hydrogen (secondary N) is 1. The molecule has 0 heterocycles. The molecule has 0 aromatic heterocycles. The maximum absolute atomic E-state index is 3.55. The second kappa shape index (κ2) is 6.91. The van der Waals surface area contributed by atoms with E-state index < -0.39 is 0 Å². The van der Waals surface area contributed by atoms with Gasteiger partial charge in [0.1, 0.15) is 0 Å². The van der Waals surface area contributed by atoms with Crippen molar-refractivity contribution in [2.75, 3.05) is 26.2 Å². The van der Waals surface area contributed by atoms with Gasteiger partial charge in [0.05, 0.1) is 0 Å². The molecule has 1 aliphatic rings. The van der Waals surface area contributed by atoms with Crippen LogP contribution in [0.3, 0.4) is 0 Å². The highest BCUT2D eigenvalue weighted by Gasteiger charge is 2.23. The normalized spacial score (nSPS) is 15.3. The number of hydrogen-bond acceptors (Lipinski definition) is 2. The van der Waals surface area contributed by atoms with Crippen molar-refractivity contribution in [1.82, 2.24) is 10.2 Å². The van der Waals surface area contributed by atoms with E-state index in [0.29, 0.717) is 0 Å². The molecule has 0 atom stereocenters. The van der Waals surface area contributed by atoms with Crippen molar-refractivity contribution < 1.29 is 0 Å². The molecule has 2 heteroatoms. The van der Waals surface area contributed by atoms with Crippen LogP contribution in [-0.2, 0) is 6.54 Å². The lowest BCUT2D eigenvalue weighted by Gasteiger charge is -2.18. The number of rotatable bonds is 8. The third kappa shape index (κ3) is 4.11. The van der Waals surface area contributed by atoms with E-state index in [4.69, 9.17) is 0 Å². The lowest BCUT2D eigenvalue weighted by molar-refractivity contribution is 0.302. The first kappa shape index (κ1) is 13.6. The Morgan fingerprint density at radius 1 is 1.22 bits per heavy atom. The maximum Gasteiger partial charge on any atom is 0.0206 e. The highest BCUT2D eigenvalue weighted by molar-refractivity contribution is 5.29. The number of benzene rings is 1. The third-order valence-corrected chi connectivity index (χ3v) is 3.83. The van der Waals surface area contributed by atoms with Gasteiger partial charge in [-0.1, -0.05) is 38.1 Å². The van der Waals surface area contributed by atoms with E-state index in [2.05, 4.69) is 48.3 Å². The van der Waals surface area contributed by atoms with Crippen molar-refractivity contribution in [2.24, 2.45) is 0 Å². The molecule has 2 rings (SSSR count). The predicted octanol–water partition coefficient (Wildman–Crippen LogP) is 3.00. The summed E-state index contributed by atoms with van der Waals surface area (Å²) in [6.07, 6.45) is 2.78. The van der Waals surface area contributed by atoms with Crippen LogP contribution in [0.15, 0.2) is 24.3 Å². The van der Waals surface area contributed by atoms with E-state index in [-0.39, 0.29) is 0 Å². The van der Waals surface area contributed by atoms with Gasteiger partial charge in [0, 0.05) is 19.6 Å². The van der Waals surface area contributed by atoms with Gasteiger partial charge in [0.15, 0.2) is 0 Å². The van der Waals surface area contributed by atoms with Crippen molar-refractivity contribution in [3.63, 3.8) is 0 Å². The molecule has 1 N–H and O–H groups in total. The zero-order valence-electron chi connectivity index (χ0n) is 11.8. The lowest BCUT2D eigenvalue weighted by Crippen LogP contribution is -2.31. The standard InChI is InChI=1S/C16H26N2/c1-3-18(4-2)11-10-17-13-14-6-5-7-16(12-14)15-8-9-15/h5-7,12,15,17H,3-4,8-11,13H2,1-2H3. The van der Waals surface area contributed by atoms with E-state index in [0.717, 1.165) is 38.6 Å². The minimum absolute atomic E-state index is 0.862. The Kier molecular flexibility index (Phi) is 5.21. The Labute approximate surface area is 111 Å². The van der Waals surface area contributed by atoms with E-state index in [9.17, 15) is 0 Å². The van der Waals surface area contributed by atoms with Crippen molar-refractivity contribution in [1.29, 1.82) is 0 Å². The van der Waals surface area contributed by atoms with Crippen LogP contribution in [0.4, 0.5) is 0 Å². The molecular weight excluding hydrogens is 220 g/mol. The Balaban J connectivity index is 1.71. The van der Waals surface area contributed by atoms with Gasteiger partial charge in [-0.15, -0.1) is 0 Å². The van der Waals surface area contributed by atoms with Crippen LogP contribution in [0, 0.1) is 0 Å². The molecule has 1 fully saturated rings. The number of likely N-dealkylation sites (N-methyl/N-ethyl adjacent to an activating group) is 1. The summed E-state index contributed by atoms with van der Waals surface area (Å²) >= 11 is 0. The van der Waals surface area contributed by atoms with Crippen LogP contribution >= 0.6 is 0 Å². The quantitative estimate of drug-likeness (QED) is 0.709. The van der Waals surface area contributed by atoms with E-state index >= 15 is 0 Å². The highest BCUT2D eigenvalue weighted by atomic mass is 15.1. The Hall–Kier alpha value is -0.860. The van der Waals surface area contributed by atoms with E-state index in [1.54, 1.807) is 0 Å². The molecule has 0 saturated heterocycles. The molecule has 0 spiro atoms. The van der Waals surface area contributed by atoms with Crippen LogP contribution in [0.25, 0.3) is 0 Å². The Morgan fingerprint density at radius 2 is 2.00 bits per heavy atom. The van der Waals surface area contributed by atoms with E-state index in [1.807, 2.05) is 0 Å². The zero-order valence-corrected chi connectivity index (χ0v) is 11.8. The first-order valence-electron chi connectivity index (χ1n) is 7.35. The van der Waals surface area contributed by atoms with Crippen LogP contribution in [-0.4, -0.2) is 31.1 Å². The highest BCUT2D eigenvalue weighted by Crippen LogP contribution is 2.40. The Morgan fingerprint density at radius 3 is 2.67 bits per heavy atom. The molecule has 0 amide bonds. The molecule has 0 radical (unpaired) electrons. The molecule has 0 unspecified atom stereocenters. The molecule has 1 aromatic rings. The topological polar surface area (TPSA) is 15.3 Å².